The van der Waals surface area contributed by atoms with Crippen LogP contribution in [-0.2, 0) is 20.7 Å². The zero-order valence-corrected chi connectivity index (χ0v) is 14.7. The molecule has 25 heavy (non-hydrogen) atoms. The molecule has 2 aliphatic rings. The molecule has 0 aromatic heterocycles. The largest absolute Gasteiger partial charge is 0.497 e. The fraction of sp³-hybridized carbons (Fsp3) is 0.579. The minimum Gasteiger partial charge on any atom is -0.497 e. The average molecular weight is 347 g/mol. The normalized spacial score (nSPS) is 29.0. The molecule has 1 saturated heterocycles. The Morgan fingerprint density at radius 2 is 1.92 bits per heavy atom. The number of amides is 1. The summed E-state index contributed by atoms with van der Waals surface area (Å²) < 4.78 is 11.0. The lowest BCUT2D eigenvalue weighted by molar-refractivity contribution is -0.164. The van der Waals surface area contributed by atoms with E-state index in [1.807, 2.05) is 12.1 Å². The minimum absolute atomic E-state index is 0.0675. The molecule has 6 nitrogen and oxygen atoms in total. The highest BCUT2D eigenvalue weighted by atomic mass is 16.5. The molecule has 1 atom stereocenters. The first-order valence-corrected chi connectivity index (χ1v) is 8.77. The Bertz CT molecular complexity index is 634. The van der Waals surface area contributed by atoms with Gasteiger partial charge in [0.1, 0.15) is 11.5 Å². The van der Waals surface area contributed by atoms with E-state index < -0.39 is 17.7 Å². The number of carboxylic acids is 1. The van der Waals surface area contributed by atoms with Crippen LogP contribution in [0.2, 0.25) is 0 Å². The van der Waals surface area contributed by atoms with Crippen LogP contribution in [0.25, 0.3) is 0 Å². The van der Waals surface area contributed by atoms with Gasteiger partial charge in [-0.15, -0.1) is 0 Å². The molecule has 0 unspecified atom stereocenters. The molecule has 0 radical (unpaired) electrons. The lowest BCUT2D eigenvalue weighted by Crippen LogP contribution is -2.55. The maximum atomic E-state index is 13.0. The van der Waals surface area contributed by atoms with E-state index in [-0.39, 0.29) is 18.9 Å². The summed E-state index contributed by atoms with van der Waals surface area (Å²) in [5.74, 6) is 0.113. The summed E-state index contributed by atoms with van der Waals surface area (Å²) in [6.07, 6.45) is 3.45. The summed E-state index contributed by atoms with van der Waals surface area (Å²) in [6.45, 7) is 2.25. The number of benzene rings is 1. The van der Waals surface area contributed by atoms with Crippen LogP contribution in [-0.4, -0.2) is 47.4 Å². The Balaban J connectivity index is 1.81. The number of carbonyl (C=O) groups is 2. The molecule has 1 amide bonds. The zero-order chi connectivity index (χ0) is 18.0. The van der Waals surface area contributed by atoms with Crippen molar-refractivity contribution in [1.29, 1.82) is 0 Å². The monoisotopic (exact) mass is 347 g/mol. The van der Waals surface area contributed by atoms with Gasteiger partial charge in [-0.1, -0.05) is 19.1 Å². The van der Waals surface area contributed by atoms with Crippen LogP contribution < -0.4 is 4.74 Å². The number of rotatable bonds is 4. The topological polar surface area (TPSA) is 76.1 Å². The maximum Gasteiger partial charge on any atom is 0.328 e. The Morgan fingerprint density at radius 1 is 1.28 bits per heavy atom. The molecule has 6 heteroatoms. The van der Waals surface area contributed by atoms with Crippen molar-refractivity contribution in [2.75, 3.05) is 13.7 Å². The number of nitrogens with zero attached hydrogens (tertiary/aromatic N) is 1. The average Bonchev–Trinajstić information content (AvgIpc) is 2.98. The second-order valence-corrected chi connectivity index (χ2v) is 7.08. The first kappa shape index (κ1) is 17.7. The molecule has 1 aromatic carbocycles. The SMILES string of the molecule is COc1ccc(CC(=O)N2[C@H](C(=O)O)COC23CCC(C)CC3)cc1. The van der Waals surface area contributed by atoms with E-state index in [0.29, 0.717) is 18.8 Å². The highest BCUT2D eigenvalue weighted by Gasteiger charge is 2.53. The quantitative estimate of drug-likeness (QED) is 0.905. The number of carboxylic acid groups (broad SMARTS) is 1. The number of methoxy groups -OCH3 is 1. The van der Waals surface area contributed by atoms with E-state index >= 15 is 0 Å². The van der Waals surface area contributed by atoms with Crippen molar-refractivity contribution in [3.63, 3.8) is 0 Å². The van der Waals surface area contributed by atoms with E-state index in [0.717, 1.165) is 24.2 Å². The minimum atomic E-state index is -1.00. The molecule has 1 heterocycles. The van der Waals surface area contributed by atoms with Gasteiger partial charge in [0.25, 0.3) is 0 Å². The predicted molar refractivity (Wildman–Crippen MR) is 91.3 cm³/mol. The van der Waals surface area contributed by atoms with Crippen molar-refractivity contribution in [3.8, 4) is 5.75 Å². The number of hydrogen-bond acceptors (Lipinski definition) is 4. The number of hydrogen-bond donors (Lipinski definition) is 1. The number of aliphatic carboxylic acids is 1. The van der Waals surface area contributed by atoms with Gasteiger partial charge in [-0.2, -0.15) is 0 Å². The summed E-state index contributed by atoms with van der Waals surface area (Å²) in [5.41, 5.74) is 0.0835. The molecule has 1 aliphatic carbocycles. The second-order valence-electron chi connectivity index (χ2n) is 7.08. The van der Waals surface area contributed by atoms with Crippen molar-refractivity contribution < 1.29 is 24.2 Å². The Labute approximate surface area is 147 Å². The van der Waals surface area contributed by atoms with Crippen molar-refractivity contribution in [2.24, 2.45) is 5.92 Å². The summed E-state index contributed by atoms with van der Waals surface area (Å²) >= 11 is 0. The van der Waals surface area contributed by atoms with Crippen molar-refractivity contribution in [3.05, 3.63) is 29.8 Å². The first-order chi connectivity index (χ1) is 11.9. The summed E-state index contributed by atoms with van der Waals surface area (Å²) in [5, 5.41) is 9.54. The van der Waals surface area contributed by atoms with Gasteiger partial charge in [0.15, 0.2) is 6.04 Å². The third-order valence-electron chi connectivity index (χ3n) is 5.38. The van der Waals surface area contributed by atoms with Crippen molar-refractivity contribution in [2.45, 2.75) is 50.8 Å². The molecule has 0 bridgehead atoms. The zero-order valence-electron chi connectivity index (χ0n) is 14.7. The lowest BCUT2D eigenvalue weighted by atomic mass is 9.83. The molecular formula is C19H25NO5. The van der Waals surface area contributed by atoms with Crippen LogP contribution in [0.15, 0.2) is 24.3 Å². The molecule has 136 valence electrons. The predicted octanol–water partition coefficient (Wildman–Crippen LogP) is 2.46. The first-order valence-electron chi connectivity index (χ1n) is 8.77. The van der Waals surface area contributed by atoms with Crippen LogP contribution >= 0.6 is 0 Å². The highest BCUT2D eigenvalue weighted by molar-refractivity contribution is 5.86. The van der Waals surface area contributed by atoms with Crippen LogP contribution in [0.4, 0.5) is 0 Å². The van der Waals surface area contributed by atoms with Crippen LogP contribution in [0, 0.1) is 5.92 Å². The van der Waals surface area contributed by atoms with Gasteiger partial charge < -0.3 is 14.6 Å². The fourth-order valence-corrected chi connectivity index (χ4v) is 3.85. The van der Waals surface area contributed by atoms with Gasteiger partial charge in [0.05, 0.1) is 20.1 Å². The van der Waals surface area contributed by atoms with E-state index in [4.69, 9.17) is 9.47 Å². The van der Waals surface area contributed by atoms with Crippen molar-refractivity contribution >= 4 is 11.9 Å². The van der Waals surface area contributed by atoms with Gasteiger partial charge in [0, 0.05) is 0 Å². The maximum absolute atomic E-state index is 13.0. The molecule has 1 aromatic rings. The third kappa shape index (κ3) is 3.49. The van der Waals surface area contributed by atoms with E-state index in [1.165, 1.54) is 4.90 Å². The van der Waals surface area contributed by atoms with E-state index in [1.54, 1.807) is 19.2 Å². The van der Waals surface area contributed by atoms with Crippen molar-refractivity contribution in [1.82, 2.24) is 4.90 Å². The van der Waals surface area contributed by atoms with Gasteiger partial charge in [-0.25, -0.2) is 4.79 Å². The Hall–Kier alpha value is -2.08. The smallest absolute Gasteiger partial charge is 0.328 e. The third-order valence-corrected chi connectivity index (χ3v) is 5.38. The Morgan fingerprint density at radius 3 is 2.48 bits per heavy atom. The van der Waals surface area contributed by atoms with Gasteiger partial charge >= 0.3 is 5.97 Å². The molecule has 1 spiro atoms. The number of ether oxygens (including phenoxy) is 2. The molecule has 2 fully saturated rings. The lowest BCUT2D eigenvalue weighted by Gasteiger charge is -2.42. The van der Waals surface area contributed by atoms with Crippen LogP contribution in [0.1, 0.15) is 38.2 Å². The van der Waals surface area contributed by atoms with Crippen LogP contribution in [0.5, 0.6) is 5.75 Å². The van der Waals surface area contributed by atoms with Gasteiger partial charge in [-0.3, -0.25) is 9.69 Å². The van der Waals surface area contributed by atoms with Crippen LogP contribution in [0.3, 0.4) is 0 Å². The van der Waals surface area contributed by atoms with Gasteiger partial charge in [0.2, 0.25) is 5.91 Å². The standard InChI is InChI=1S/C19H25NO5/c1-13-7-9-19(10-8-13)20(16(12-25-19)18(22)23)17(21)11-14-3-5-15(24-2)6-4-14/h3-6,13,16H,7-12H2,1-2H3,(H,22,23)/t13?,16-,19?/m0/s1. The fourth-order valence-electron chi connectivity index (χ4n) is 3.85. The van der Waals surface area contributed by atoms with E-state index in [9.17, 15) is 14.7 Å². The summed E-state index contributed by atoms with van der Waals surface area (Å²) in [4.78, 5) is 26.1. The molecule has 1 saturated carbocycles. The molecule has 1 aliphatic heterocycles. The van der Waals surface area contributed by atoms with Gasteiger partial charge in [-0.05, 0) is 49.3 Å². The summed E-state index contributed by atoms with van der Waals surface area (Å²) in [6, 6.07) is 6.36. The summed E-state index contributed by atoms with van der Waals surface area (Å²) in [7, 11) is 1.59. The highest BCUT2D eigenvalue weighted by Crippen LogP contribution is 2.42. The Kier molecular flexibility index (Phi) is 4.99. The molecular weight excluding hydrogens is 322 g/mol. The second kappa shape index (κ2) is 7.04. The van der Waals surface area contributed by atoms with E-state index in [2.05, 4.69) is 6.92 Å². The molecule has 3 rings (SSSR count). The number of carbonyl (C=O) groups excluding carboxylic acids is 1. The molecule has 1 N–H and O–H groups in total.